The highest BCUT2D eigenvalue weighted by Crippen LogP contribution is 2.21. The van der Waals surface area contributed by atoms with Crippen LogP contribution in [0.4, 0.5) is 5.95 Å². The van der Waals surface area contributed by atoms with Crippen LogP contribution in [0.3, 0.4) is 0 Å². The SMILES string of the molecule is CC(=O)NC1CCC(Nc2ncc3ccccc3n2)CC1. The van der Waals surface area contributed by atoms with Crippen LogP contribution in [0.1, 0.15) is 32.6 Å². The number of amides is 1. The molecule has 1 aliphatic carbocycles. The van der Waals surface area contributed by atoms with Gasteiger partial charge in [0.2, 0.25) is 11.9 Å². The normalized spacial score (nSPS) is 22.0. The molecule has 110 valence electrons. The van der Waals surface area contributed by atoms with Crippen molar-refractivity contribution < 1.29 is 4.79 Å². The first-order chi connectivity index (χ1) is 10.2. The zero-order chi connectivity index (χ0) is 14.7. The number of nitrogens with zero attached hydrogens (tertiary/aromatic N) is 2. The second kappa shape index (κ2) is 6.08. The first kappa shape index (κ1) is 13.8. The minimum atomic E-state index is 0.0595. The Morgan fingerprint density at radius 1 is 1.14 bits per heavy atom. The molecule has 1 saturated carbocycles. The average Bonchev–Trinajstić information content (AvgIpc) is 2.49. The molecule has 21 heavy (non-hydrogen) atoms. The molecular formula is C16H20N4O. The quantitative estimate of drug-likeness (QED) is 0.908. The van der Waals surface area contributed by atoms with Crippen molar-refractivity contribution in [2.75, 3.05) is 5.32 Å². The van der Waals surface area contributed by atoms with E-state index in [0.29, 0.717) is 18.0 Å². The van der Waals surface area contributed by atoms with Crippen LogP contribution in [-0.2, 0) is 4.79 Å². The van der Waals surface area contributed by atoms with Gasteiger partial charge in [-0.25, -0.2) is 9.97 Å². The standard InChI is InChI=1S/C16H20N4O/c1-11(21)18-13-6-8-14(9-7-13)19-16-17-10-12-4-2-3-5-15(12)20-16/h2-5,10,13-14H,6-9H2,1H3,(H,18,21)(H,17,19,20). The molecule has 0 aliphatic heterocycles. The molecule has 0 spiro atoms. The third-order valence-corrected chi connectivity index (χ3v) is 3.96. The van der Waals surface area contributed by atoms with Crippen LogP contribution in [0, 0.1) is 0 Å². The van der Waals surface area contributed by atoms with Crippen molar-refractivity contribution in [3.05, 3.63) is 30.5 Å². The van der Waals surface area contributed by atoms with Crippen LogP contribution >= 0.6 is 0 Å². The third-order valence-electron chi connectivity index (χ3n) is 3.96. The van der Waals surface area contributed by atoms with Crippen molar-refractivity contribution >= 4 is 22.8 Å². The van der Waals surface area contributed by atoms with Crippen molar-refractivity contribution in [3.8, 4) is 0 Å². The first-order valence-electron chi connectivity index (χ1n) is 7.46. The number of aromatic nitrogens is 2. The number of nitrogens with one attached hydrogen (secondary N) is 2. The van der Waals surface area contributed by atoms with E-state index in [1.807, 2.05) is 30.5 Å². The molecule has 0 radical (unpaired) electrons. The smallest absolute Gasteiger partial charge is 0.223 e. The molecule has 1 amide bonds. The fraction of sp³-hybridized carbons (Fsp3) is 0.438. The summed E-state index contributed by atoms with van der Waals surface area (Å²) in [6.07, 6.45) is 5.92. The van der Waals surface area contributed by atoms with Gasteiger partial charge in [0.1, 0.15) is 0 Å². The number of benzene rings is 1. The van der Waals surface area contributed by atoms with Gasteiger partial charge < -0.3 is 10.6 Å². The number of hydrogen-bond acceptors (Lipinski definition) is 4. The zero-order valence-electron chi connectivity index (χ0n) is 12.2. The largest absolute Gasteiger partial charge is 0.354 e. The summed E-state index contributed by atoms with van der Waals surface area (Å²) < 4.78 is 0. The van der Waals surface area contributed by atoms with Crippen LogP contribution in [0.5, 0.6) is 0 Å². The Morgan fingerprint density at radius 3 is 2.62 bits per heavy atom. The number of rotatable bonds is 3. The lowest BCUT2D eigenvalue weighted by molar-refractivity contribution is -0.119. The molecule has 1 aromatic heterocycles. The van der Waals surface area contributed by atoms with E-state index in [-0.39, 0.29) is 5.91 Å². The summed E-state index contributed by atoms with van der Waals surface area (Å²) in [5.41, 5.74) is 0.960. The van der Waals surface area contributed by atoms with Crippen molar-refractivity contribution in [1.82, 2.24) is 15.3 Å². The van der Waals surface area contributed by atoms with Crippen LogP contribution in [0.25, 0.3) is 10.9 Å². The molecule has 5 nitrogen and oxygen atoms in total. The number of hydrogen-bond donors (Lipinski definition) is 2. The minimum Gasteiger partial charge on any atom is -0.354 e. The Kier molecular flexibility index (Phi) is 3.99. The van der Waals surface area contributed by atoms with Gasteiger partial charge in [0.05, 0.1) is 5.52 Å². The van der Waals surface area contributed by atoms with Crippen LogP contribution in [0.15, 0.2) is 30.5 Å². The lowest BCUT2D eigenvalue weighted by atomic mass is 9.91. The fourth-order valence-electron chi connectivity index (χ4n) is 2.89. The van der Waals surface area contributed by atoms with Crippen LogP contribution in [-0.4, -0.2) is 28.0 Å². The summed E-state index contributed by atoms with van der Waals surface area (Å²) in [6, 6.07) is 8.68. The molecule has 2 N–H and O–H groups in total. The minimum absolute atomic E-state index is 0.0595. The predicted octanol–water partition coefficient (Wildman–Crippen LogP) is 2.49. The van der Waals surface area contributed by atoms with E-state index in [9.17, 15) is 4.79 Å². The predicted molar refractivity (Wildman–Crippen MR) is 83.0 cm³/mol. The van der Waals surface area contributed by atoms with Gasteiger partial charge in [-0.05, 0) is 31.7 Å². The molecule has 0 atom stereocenters. The van der Waals surface area contributed by atoms with E-state index >= 15 is 0 Å². The molecule has 0 unspecified atom stereocenters. The number of fused-ring (bicyclic) bond motifs is 1. The summed E-state index contributed by atoms with van der Waals surface area (Å²) in [5.74, 6) is 0.751. The molecule has 3 rings (SSSR count). The van der Waals surface area contributed by atoms with Crippen molar-refractivity contribution in [3.63, 3.8) is 0 Å². The molecule has 1 aromatic carbocycles. The van der Waals surface area contributed by atoms with Crippen LogP contribution in [0.2, 0.25) is 0 Å². The maximum Gasteiger partial charge on any atom is 0.223 e. The van der Waals surface area contributed by atoms with E-state index in [1.165, 1.54) is 0 Å². The van der Waals surface area contributed by atoms with Crippen molar-refractivity contribution in [2.24, 2.45) is 0 Å². The maximum absolute atomic E-state index is 11.1. The highest BCUT2D eigenvalue weighted by Gasteiger charge is 2.22. The lowest BCUT2D eigenvalue weighted by Crippen LogP contribution is -2.39. The molecule has 5 heteroatoms. The summed E-state index contributed by atoms with van der Waals surface area (Å²) >= 11 is 0. The monoisotopic (exact) mass is 284 g/mol. The van der Waals surface area contributed by atoms with Gasteiger partial charge in [0.15, 0.2) is 0 Å². The Balaban J connectivity index is 1.60. The number of carbonyl (C=O) groups is 1. The Morgan fingerprint density at radius 2 is 1.86 bits per heavy atom. The van der Waals surface area contributed by atoms with Gasteiger partial charge in [-0.15, -0.1) is 0 Å². The number of carbonyl (C=O) groups excluding carboxylic acids is 1. The Labute approximate surface area is 124 Å². The Bertz CT molecular complexity index is 635. The van der Waals surface area contributed by atoms with E-state index in [0.717, 1.165) is 36.6 Å². The average molecular weight is 284 g/mol. The van der Waals surface area contributed by atoms with Crippen molar-refractivity contribution in [2.45, 2.75) is 44.7 Å². The molecular weight excluding hydrogens is 264 g/mol. The summed E-state index contributed by atoms with van der Waals surface area (Å²) in [6.45, 7) is 1.58. The van der Waals surface area contributed by atoms with Crippen LogP contribution < -0.4 is 10.6 Å². The highest BCUT2D eigenvalue weighted by molar-refractivity contribution is 5.78. The second-order valence-electron chi connectivity index (χ2n) is 5.65. The summed E-state index contributed by atoms with van der Waals surface area (Å²) in [5, 5.41) is 7.46. The Hall–Kier alpha value is -2.17. The van der Waals surface area contributed by atoms with Gasteiger partial charge in [-0.1, -0.05) is 18.2 Å². The molecule has 0 saturated heterocycles. The second-order valence-corrected chi connectivity index (χ2v) is 5.65. The van der Waals surface area contributed by atoms with Crippen molar-refractivity contribution in [1.29, 1.82) is 0 Å². The fourth-order valence-corrected chi connectivity index (χ4v) is 2.89. The van der Waals surface area contributed by atoms with Gasteiger partial charge in [-0.3, -0.25) is 4.79 Å². The van der Waals surface area contributed by atoms with Gasteiger partial charge in [0.25, 0.3) is 0 Å². The highest BCUT2D eigenvalue weighted by atomic mass is 16.1. The lowest BCUT2D eigenvalue weighted by Gasteiger charge is -2.29. The molecule has 2 aromatic rings. The number of anilines is 1. The number of para-hydroxylation sites is 1. The molecule has 0 bridgehead atoms. The topological polar surface area (TPSA) is 66.9 Å². The third kappa shape index (κ3) is 3.48. The van der Waals surface area contributed by atoms with E-state index in [1.54, 1.807) is 6.92 Å². The van der Waals surface area contributed by atoms with Gasteiger partial charge >= 0.3 is 0 Å². The van der Waals surface area contributed by atoms with E-state index in [4.69, 9.17) is 0 Å². The molecule has 1 heterocycles. The van der Waals surface area contributed by atoms with Gasteiger partial charge in [0, 0.05) is 30.6 Å². The summed E-state index contributed by atoms with van der Waals surface area (Å²) in [4.78, 5) is 20.0. The van der Waals surface area contributed by atoms with E-state index in [2.05, 4.69) is 20.6 Å². The molecule has 1 aliphatic rings. The zero-order valence-corrected chi connectivity index (χ0v) is 12.2. The maximum atomic E-state index is 11.1. The first-order valence-corrected chi connectivity index (χ1v) is 7.46. The molecule has 1 fully saturated rings. The van der Waals surface area contributed by atoms with E-state index < -0.39 is 0 Å². The summed E-state index contributed by atoms with van der Waals surface area (Å²) in [7, 11) is 0. The van der Waals surface area contributed by atoms with Gasteiger partial charge in [-0.2, -0.15) is 0 Å².